The number of fused-ring (bicyclic) bond motifs is 1. The van der Waals surface area contributed by atoms with Crippen molar-refractivity contribution >= 4 is 22.6 Å². The fraction of sp³-hybridized carbons (Fsp3) is 0.130. The van der Waals surface area contributed by atoms with Gasteiger partial charge in [0.25, 0.3) is 5.56 Å². The van der Waals surface area contributed by atoms with Crippen molar-refractivity contribution in [2.24, 2.45) is 0 Å². The SMILES string of the molecule is O=C(Cn1c(=O)n(Cc2ccc(F)cc2)c(=O)c2ncccc21)Nc1ccccc1C(F)(F)F. The summed E-state index contributed by atoms with van der Waals surface area (Å²) in [7, 11) is 0. The van der Waals surface area contributed by atoms with Gasteiger partial charge in [-0.2, -0.15) is 13.2 Å². The van der Waals surface area contributed by atoms with Crippen molar-refractivity contribution < 1.29 is 22.4 Å². The number of nitrogens with one attached hydrogen (secondary N) is 1. The van der Waals surface area contributed by atoms with Crippen LogP contribution in [0.1, 0.15) is 11.1 Å². The van der Waals surface area contributed by atoms with E-state index in [0.29, 0.717) is 5.56 Å². The van der Waals surface area contributed by atoms with E-state index in [9.17, 15) is 31.9 Å². The molecule has 1 N–H and O–H groups in total. The highest BCUT2D eigenvalue weighted by atomic mass is 19.4. The molecule has 0 atom stereocenters. The number of amides is 1. The van der Waals surface area contributed by atoms with Gasteiger partial charge in [-0.05, 0) is 42.0 Å². The van der Waals surface area contributed by atoms with E-state index in [1.165, 1.54) is 54.7 Å². The second kappa shape index (κ2) is 8.93. The topological polar surface area (TPSA) is 86.0 Å². The highest BCUT2D eigenvalue weighted by Crippen LogP contribution is 2.34. The van der Waals surface area contributed by atoms with Crippen LogP contribution in [0.4, 0.5) is 23.2 Å². The molecule has 0 saturated heterocycles. The molecule has 2 heterocycles. The average molecular weight is 472 g/mol. The average Bonchev–Trinajstić information content (AvgIpc) is 2.80. The number of pyridine rings is 1. The lowest BCUT2D eigenvalue weighted by molar-refractivity contribution is -0.137. The third-order valence-electron chi connectivity index (χ3n) is 5.05. The third-order valence-corrected chi connectivity index (χ3v) is 5.05. The molecule has 0 bridgehead atoms. The Morgan fingerprint density at radius 2 is 1.65 bits per heavy atom. The van der Waals surface area contributed by atoms with E-state index in [1.807, 2.05) is 0 Å². The quantitative estimate of drug-likeness (QED) is 0.451. The lowest BCUT2D eigenvalue weighted by Gasteiger charge is -2.16. The number of nitrogens with zero attached hydrogens (tertiary/aromatic N) is 3. The molecule has 0 saturated carbocycles. The molecule has 0 unspecified atom stereocenters. The molecule has 2 aromatic heterocycles. The maximum Gasteiger partial charge on any atom is 0.418 e. The standard InChI is InChI=1S/C23H16F4N4O3/c24-15-9-7-14(8-10-15)12-31-21(33)20-18(6-3-11-28-20)30(22(31)34)13-19(32)29-17-5-2-1-4-16(17)23(25,26)27/h1-11H,12-13H2,(H,29,32). The maximum atomic E-state index is 13.3. The number of hydrogen-bond acceptors (Lipinski definition) is 4. The molecule has 4 rings (SSSR count). The number of aromatic nitrogens is 3. The summed E-state index contributed by atoms with van der Waals surface area (Å²) in [5.41, 5.74) is -2.69. The van der Waals surface area contributed by atoms with Gasteiger partial charge in [-0.25, -0.2) is 14.2 Å². The zero-order valence-corrected chi connectivity index (χ0v) is 17.3. The first-order valence-corrected chi connectivity index (χ1v) is 9.94. The van der Waals surface area contributed by atoms with Crippen molar-refractivity contribution in [3.05, 3.63) is 105 Å². The van der Waals surface area contributed by atoms with E-state index in [4.69, 9.17) is 0 Å². The molecule has 0 aliphatic heterocycles. The molecule has 0 aliphatic rings. The summed E-state index contributed by atoms with van der Waals surface area (Å²) in [5, 5.41) is 2.18. The molecule has 7 nitrogen and oxygen atoms in total. The maximum absolute atomic E-state index is 13.3. The number of rotatable bonds is 5. The van der Waals surface area contributed by atoms with Gasteiger partial charge >= 0.3 is 11.9 Å². The molecular weight excluding hydrogens is 456 g/mol. The van der Waals surface area contributed by atoms with Crippen LogP contribution in [0.2, 0.25) is 0 Å². The number of carbonyl (C=O) groups excluding carboxylic acids is 1. The van der Waals surface area contributed by atoms with Gasteiger partial charge in [0.1, 0.15) is 12.4 Å². The van der Waals surface area contributed by atoms with Crippen LogP contribution in [0.5, 0.6) is 0 Å². The second-order valence-corrected chi connectivity index (χ2v) is 7.35. The van der Waals surface area contributed by atoms with Crippen LogP contribution in [0.3, 0.4) is 0 Å². The third kappa shape index (κ3) is 4.58. The van der Waals surface area contributed by atoms with Crippen LogP contribution >= 0.6 is 0 Å². The Bertz CT molecular complexity index is 1490. The molecule has 4 aromatic rings. The summed E-state index contributed by atoms with van der Waals surface area (Å²) in [5.74, 6) is -1.40. The van der Waals surface area contributed by atoms with Gasteiger partial charge in [0.2, 0.25) is 5.91 Å². The Morgan fingerprint density at radius 1 is 0.941 bits per heavy atom. The molecule has 0 spiro atoms. The summed E-state index contributed by atoms with van der Waals surface area (Å²) in [4.78, 5) is 42.7. The summed E-state index contributed by atoms with van der Waals surface area (Å²) < 4.78 is 54.8. The predicted molar refractivity (Wildman–Crippen MR) is 116 cm³/mol. The molecular formula is C23H16F4N4O3. The number of benzene rings is 2. The molecule has 11 heteroatoms. The van der Waals surface area contributed by atoms with Crippen LogP contribution in [0.25, 0.3) is 11.0 Å². The lowest BCUT2D eigenvalue weighted by atomic mass is 10.1. The van der Waals surface area contributed by atoms with Gasteiger partial charge in [0, 0.05) is 6.20 Å². The largest absolute Gasteiger partial charge is 0.418 e. The van der Waals surface area contributed by atoms with Crippen molar-refractivity contribution in [3.8, 4) is 0 Å². The Morgan fingerprint density at radius 3 is 2.35 bits per heavy atom. The molecule has 0 fully saturated rings. The second-order valence-electron chi connectivity index (χ2n) is 7.35. The van der Waals surface area contributed by atoms with Crippen LogP contribution in [0.15, 0.2) is 76.4 Å². The Kier molecular flexibility index (Phi) is 6.01. The van der Waals surface area contributed by atoms with Crippen LogP contribution in [-0.2, 0) is 24.1 Å². The Hall–Kier alpha value is -4.28. The highest BCUT2D eigenvalue weighted by Gasteiger charge is 2.33. The Labute approximate surface area is 188 Å². The molecule has 34 heavy (non-hydrogen) atoms. The molecule has 0 aliphatic carbocycles. The first kappa shape index (κ1) is 22.9. The number of alkyl halides is 3. The normalized spacial score (nSPS) is 11.5. The summed E-state index contributed by atoms with van der Waals surface area (Å²) in [6.07, 6.45) is -3.36. The molecule has 0 radical (unpaired) electrons. The van der Waals surface area contributed by atoms with Crippen molar-refractivity contribution in [2.45, 2.75) is 19.3 Å². The first-order chi connectivity index (χ1) is 16.1. The molecule has 2 aromatic carbocycles. The van der Waals surface area contributed by atoms with Crippen molar-refractivity contribution in [2.75, 3.05) is 5.32 Å². The van der Waals surface area contributed by atoms with Gasteiger partial charge in [0.05, 0.1) is 23.3 Å². The van der Waals surface area contributed by atoms with Gasteiger partial charge in [0.15, 0.2) is 5.52 Å². The predicted octanol–water partition coefficient (Wildman–Crippen LogP) is 3.40. The summed E-state index contributed by atoms with van der Waals surface area (Å²) in [6, 6.07) is 12.4. The zero-order valence-electron chi connectivity index (χ0n) is 17.3. The fourth-order valence-corrected chi connectivity index (χ4v) is 3.48. The van der Waals surface area contributed by atoms with E-state index in [0.717, 1.165) is 21.3 Å². The Balaban J connectivity index is 1.74. The number of anilines is 1. The van der Waals surface area contributed by atoms with E-state index < -0.39 is 46.9 Å². The highest BCUT2D eigenvalue weighted by molar-refractivity contribution is 5.92. The van der Waals surface area contributed by atoms with Gasteiger partial charge < -0.3 is 5.32 Å². The van der Waals surface area contributed by atoms with Gasteiger partial charge in [-0.1, -0.05) is 24.3 Å². The van der Waals surface area contributed by atoms with E-state index in [1.54, 1.807) is 0 Å². The van der Waals surface area contributed by atoms with Gasteiger partial charge in [-0.3, -0.25) is 18.7 Å². The number of hydrogen-bond donors (Lipinski definition) is 1. The van der Waals surface area contributed by atoms with Crippen LogP contribution < -0.4 is 16.6 Å². The number of halogens is 4. The zero-order chi connectivity index (χ0) is 24.5. The van der Waals surface area contributed by atoms with Gasteiger partial charge in [-0.15, -0.1) is 0 Å². The lowest BCUT2D eigenvalue weighted by Crippen LogP contribution is -2.42. The molecule has 174 valence electrons. The van der Waals surface area contributed by atoms with E-state index >= 15 is 0 Å². The van der Waals surface area contributed by atoms with Crippen molar-refractivity contribution in [1.82, 2.24) is 14.1 Å². The minimum Gasteiger partial charge on any atom is -0.324 e. The van der Waals surface area contributed by atoms with Crippen molar-refractivity contribution in [1.29, 1.82) is 0 Å². The van der Waals surface area contributed by atoms with E-state index in [-0.39, 0.29) is 17.6 Å². The van der Waals surface area contributed by atoms with Crippen molar-refractivity contribution in [3.63, 3.8) is 0 Å². The van der Waals surface area contributed by atoms with E-state index in [2.05, 4.69) is 10.3 Å². The summed E-state index contributed by atoms with van der Waals surface area (Å²) >= 11 is 0. The minimum atomic E-state index is -4.69. The van der Waals surface area contributed by atoms with Crippen LogP contribution in [0, 0.1) is 5.82 Å². The monoisotopic (exact) mass is 472 g/mol. The number of carbonyl (C=O) groups is 1. The molecule has 1 amide bonds. The first-order valence-electron chi connectivity index (χ1n) is 9.94. The number of para-hydroxylation sites is 1. The fourth-order valence-electron chi connectivity index (χ4n) is 3.48. The smallest absolute Gasteiger partial charge is 0.324 e. The van der Waals surface area contributed by atoms with Crippen LogP contribution in [-0.4, -0.2) is 20.0 Å². The summed E-state index contributed by atoms with van der Waals surface area (Å²) in [6.45, 7) is -0.889. The minimum absolute atomic E-state index is 0.0483.